The van der Waals surface area contributed by atoms with Gasteiger partial charge in [0.05, 0.1) is 6.61 Å². The summed E-state index contributed by atoms with van der Waals surface area (Å²) in [5, 5.41) is 0. The van der Waals surface area contributed by atoms with Gasteiger partial charge in [-0.2, -0.15) is 0 Å². The molecule has 1 aliphatic heterocycles. The van der Waals surface area contributed by atoms with Crippen LogP contribution >= 0.6 is 0 Å². The van der Waals surface area contributed by atoms with Crippen molar-refractivity contribution in [3.63, 3.8) is 0 Å². The second-order valence-electron chi connectivity index (χ2n) is 7.40. The molecule has 4 heteroatoms. The van der Waals surface area contributed by atoms with Crippen molar-refractivity contribution >= 4 is 11.6 Å². The molecule has 2 aromatic rings. The van der Waals surface area contributed by atoms with E-state index in [1.807, 2.05) is 35.2 Å². The summed E-state index contributed by atoms with van der Waals surface area (Å²) in [5.74, 6) is 0.958. The van der Waals surface area contributed by atoms with Crippen molar-refractivity contribution in [3.05, 3.63) is 60.2 Å². The van der Waals surface area contributed by atoms with Gasteiger partial charge in [0.1, 0.15) is 5.75 Å². The lowest BCUT2D eigenvalue weighted by molar-refractivity contribution is 0.0746. The third-order valence-electron chi connectivity index (χ3n) is 5.31. The standard InChI is InChI=1S/C24H32N2O2/c1-2-3-4-5-9-20-28-23-14-12-21(13-15-23)24(27)26-18-16-25(17-19-26)22-10-7-6-8-11-22/h6-8,10-15H,2-5,9,16-20H2,1H3. The van der Waals surface area contributed by atoms with E-state index in [9.17, 15) is 4.79 Å². The molecule has 0 radical (unpaired) electrons. The van der Waals surface area contributed by atoms with Gasteiger partial charge in [-0.25, -0.2) is 0 Å². The molecule has 0 bridgehead atoms. The van der Waals surface area contributed by atoms with Crippen molar-refractivity contribution in [3.8, 4) is 5.75 Å². The zero-order valence-electron chi connectivity index (χ0n) is 17.0. The van der Waals surface area contributed by atoms with Crippen LogP contribution in [0.4, 0.5) is 5.69 Å². The van der Waals surface area contributed by atoms with Crippen molar-refractivity contribution in [2.24, 2.45) is 0 Å². The summed E-state index contributed by atoms with van der Waals surface area (Å²) in [6, 6.07) is 18.0. The minimum absolute atomic E-state index is 0.110. The molecule has 0 saturated carbocycles. The molecule has 150 valence electrons. The average molecular weight is 381 g/mol. The lowest BCUT2D eigenvalue weighted by atomic mass is 10.1. The molecule has 1 saturated heterocycles. The number of amides is 1. The number of hydrogen-bond donors (Lipinski definition) is 0. The molecule has 0 atom stereocenters. The quantitative estimate of drug-likeness (QED) is 0.574. The summed E-state index contributed by atoms with van der Waals surface area (Å²) in [6.45, 7) is 6.22. The second-order valence-corrected chi connectivity index (χ2v) is 7.40. The molecule has 3 rings (SSSR count). The molecule has 28 heavy (non-hydrogen) atoms. The monoisotopic (exact) mass is 380 g/mol. The van der Waals surface area contributed by atoms with Crippen LogP contribution < -0.4 is 9.64 Å². The van der Waals surface area contributed by atoms with Gasteiger partial charge in [-0.15, -0.1) is 0 Å². The maximum atomic E-state index is 12.8. The number of nitrogens with zero attached hydrogens (tertiary/aromatic N) is 2. The summed E-state index contributed by atoms with van der Waals surface area (Å²) in [7, 11) is 0. The summed E-state index contributed by atoms with van der Waals surface area (Å²) in [4.78, 5) is 17.1. The molecule has 1 aliphatic rings. The first-order valence-corrected chi connectivity index (χ1v) is 10.6. The van der Waals surface area contributed by atoms with Gasteiger partial charge in [0.2, 0.25) is 0 Å². The highest BCUT2D eigenvalue weighted by atomic mass is 16.5. The van der Waals surface area contributed by atoms with Gasteiger partial charge in [0.25, 0.3) is 5.91 Å². The van der Waals surface area contributed by atoms with Gasteiger partial charge in [0, 0.05) is 37.4 Å². The van der Waals surface area contributed by atoms with Gasteiger partial charge in [-0.3, -0.25) is 4.79 Å². The molecule has 0 aromatic heterocycles. The summed E-state index contributed by atoms with van der Waals surface area (Å²) in [5.41, 5.74) is 1.97. The van der Waals surface area contributed by atoms with Crippen LogP contribution in [0.25, 0.3) is 0 Å². The molecular formula is C24H32N2O2. The van der Waals surface area contributed by atoms with Crippen LogP contribution in [0.2, 0.25) is 0 Å². The van der Waals surface area contributed by atoms with Crippen molar-refractivity contribution < 1.29 is 9.53 Å². The molecule has 4 nitrogen and oxygen atoms in total. The largest absolute Gasteiger partial charge is 0.494 e. The highest BCUT2D eigenvalue weighted by molar-refractivity contribution is 5.94. The number of carbonyl (C=O) groups is 1. The first-order valence-electron chi connectivity index (χ1n) is 10.6. The molecule has 0 N–H and O–H groups in total. The van der Waals surface area contributed by atoms with E-state index >= 15 is 0 Å². The Labute approximate surface area is 169 Å². The summed E-state index contributed by atoms with van der Waals surface area (Å²) in [6.07, 6.45) is 6.16. The Balaban J connectivity index is 1.43. The number of unbranched alkanes of at least 4 members (excludes halogenated alkanes) is 4. The number of anilines is 1. The normalized spacial score (nSPS) is 14.2. The Bertz CT molecular complexity index is 707. The number of para-hydroxylation sites is 1. The molecule has 0 aliphatic carbocycles. The maximum absolute atomic E-state index is 12.8. The zero-order chi connectivity index (χ0) is 19.6. The number of ether oxygens (including phenoxy) is 1. The number of hydrogen-bond acceptors (Lipinski definition) is 3. The zero-order valence-corrected chi connectivity index (χ0v) is 17.0. The molecular weight excluding hydrogens is 348 g/mol. The molecule has 1 fully saturated rings. The Morgan fingerprint density at radius 1 is 0.857 bits per heavy atom. The van der Waals surface area contributed by atoms with Crippen LogP contribution in [-0.4, -0.2) is 43.6 Å². The Morgan fingerprint density at radius 3 is 2.21 bits per heavy atom. The van der Waals surface area contributed by atoms with Crippen molar-refractivity contribution in [1.29, 1.82) is 0 Å². The topological polar surface area (TPSA) is 32.8 Å². The molecule has 2 aromatic carbocycles. The van der Waals surface area contributed by atoms with Gasteiger partial charge < -0.3 is 14.5 Å². The Kier molecular flexibility index (Phi) is 7.77. The second kappa shape index (κ2) is 10.7. The molecule has 0 unspecified atom stereocenters. The van der Waals surface area contributed by atoms with E-state index in [2.05, 4.69) is 36.1 Å². The SMILES string of the molecule is CCCCCCCOc1ccc(C(=O)N2CCN(c3ccccc3)CC2)cc1. The first kappa shape index (κ1) is 20.2. The molecule has 1 heterocycles. The van der Waals surface area contributed by atoms with E-state index in [0.717, 1.165) is 50.5 Å². The Morgan fingerprint density at radius 2 is 1.54 bits per heavy atom. The van der Waals surface area contributed by atoms with E-state index in [-0.39, 0.29) is 5.91 Å². The lowest BCUT2D eigenvalue weighted by Gasteiger charge is -2.36. The maximum Gasteiger partial charge on any atom is 0.253 e. The number of carbonyl (C=O) groups excluding carboxylic acids is 1. The first-order chi connectivity index (χ1) is 13.8. The van der Waals surface area contributed by atoms with Crippen LogP contribution in [0.15, 0.2) is 54.6 Å². The summed E-state index contributed by atoms with van der Waals surface area (Å²) >= 11 is 0. The smallest absolute Gasteiger partial charge is 0.253 e. The van der Waals surface area contributed by atoms with E-state index in [0.29, 0.717) is 0 Å². The van der Waals surface area contributed by atoms with Gasteiger partial charge in [-0.1, -0.05) is 50.8 Å². The van der Waals surface area contributed by atoms with E-state index < -0.39 is 0 Å². The van der Waals surface area contributed by atoms with Gasteiger partial charge in [-0.05, 0) is 42.8 Å². The van der Waals surface area contributed by atoms with Crippen molar-refractivity contribution in [2.45, 2.75) is 39.0 Å². The lowest BCUT2D eigenvalue weighted by Crippen LogP contribution is -2.48. The Hall–Kier alpha value is -2.49. The number of rotatable bonds is 9. The van der Waals surface area contributed by atoms with Crippen LogP contribution in [0.3, 0.4) is 0 Å². The summed E-state index contributed by atoms with van der Waals surface area (Å²) < 4.78 is 5.80. The minimum atomic E-state index is 0.110. The third-order valence-corrected chi connectivity index (χ3v) is 5.31. The van der Waals surface area contributed by atoms with Crippen LogP contribution in [0.1, 0.15) is 49.4 Å². The predicted molar refractivity (Wildman–Crippen MR) is 115 cm³/mol. The van der Waals surface area contributed by atoms with Crippen molar-refractivity contribution in [2.75, 3.05) is 37.7 Å². The predicted octanol–water partition coefficient (Wildman–Crippen LogP) is 5.00. The minimum Gasteiger partial charge on any atom is -0.494 e. The van der Waals surface area contributed by atoms with E-state index in [4.69, 9.17) is 4.74 Å². The van der Waals surface area contributed by atoms with Crippen LogP contribution in [0, 0.1) is 0 Å². The number of benzene rings is 2. The van der Waals surface area contributed by atoms with E-state index in [1.165, 1.54) is 31.4 Å². The van der Waals surface area contributed by atoms with Crippen LogP contribution in [0.5, 0.6) is 5.75 Å². The fraction of sp³-hybridized carbons (Fsp3) is 0.458. The highest BCUT2D eigenvalue weighted by Crippen LogP contribution is 2.18. The van der Waals surface area contributed by atoms with Crippen molar-refractivity contribution in [1.82, 2.24) is 4.90 Å². The molecule has 0 spiro atoms. The fourth-order valence-corrected chi connectivity index (χ4v) is 3.58. The van der Waals surface area contributed by atoms with Crippen LogP contribution in [-0.2, 0) is 0 Å². The number of piperazine rings is 1. The van der Waals surface area contributed by atoms with E-state index in [1.54, 1.807) is 0 Å². The third kappa shape index (κ3) is 5.75. The van der Waals surface area contributed by atoms with Gasteiger partial charge in [0.15, 0.2) is 0 Å². The average Bonchev–Trinajstić information content (AvgIpc) is 2.77. The molecule has 1 amide bonds. The van der Waals surface area contributed by atoms with Gasteiger partial charge >= 0.3 is 0 Å². The fourth-order valence-electron chi connectivity index (χ4n) is 3.58. The highest BCUT2D eigenvalue weighted by Gasteiger charge is 2.22.